The average molecular weight is 413 g/mol. The third kappa shape index (κ3) is 3.41. The van der Waals surface area contributed by atoms with E-state index in [1.54, 1.807) is 31.4 Å². The standard InChI is InChI=1S/C20H17BrN2O3/c1-3-11-23-19(24)17(13-7-9-16(26-2)10-8-13)18(20(23)25)22-15-6-4-5-14(21)12-15/h3-10,12,22H,1,11H2,2H3. The van der Waals surface area contributed by atoms with Crippen molar-refractivity contribution in [2.45, 2.75) is 0 Å². The zero-order chi connectivity index (χ0) is 18.7. The van der Waals surface area contributed by atoms with Gasteiger partial charge in [-0.1, -0.05) is 40.2 Å². The number of carbonyl (C=O) groups excluding carboxylic acids is 2. The number of rotatable bonds is 6. The molecular formula is C20H17BrN2O3. The van der Waals surface area contributed by atoms with Crippen LogP contribution in [-0.2, 0) is 9.59 Å². The van der Waals surface area contributed by atoms with Crippen LogP contribution in [-0.4, -0.2) is 30.4 Å². The van der Waals surface area contributed by atoms with Crippen LogP contribution >= 0.6 is 15.9 Å². The highest BCUT2D eigenvalue weighted by Gasteiger charge is 2.38. The van der Waals surface area contributed by atoms with Gasteiger partial charge < -0.3 is 10.1 Å². The van der Waals surface area contributed by atoms with Gasteiger partial charge in [-0.3, -0.25) is 14.5 Å². The molecule has 26 heavy (non-hydrogen) atoms. The first kappa shape index (κ1) is 17.9. The van der Waals surface area contributed by atoms with Crippen molar-refractivity contribution in [3.63, 3.8) is 0 Å². The van der Waals surface area contributed by atoms with Crippen LogP contribution in [0.25, 0.3) is 5.57 Å². The van der Waals surface area contributed by atoms with E-state index in [2.05, 4.69) is 27.8 Å². The molecule has 0 spiro atoms. The Labute approximate surface area is 160 Å². The summed E-state index contributed by atoms with van der Waals surface area (Å²) in [6.07, 6.45) is 1.53. The van der Waals surface area contributed by atoms with Gasteiger partial charge in [0.05, 0.1) is 12.7 Å². The van der Waals surface area contributed by atoms with Gasteiger partial charge in [0.1, 0.15) is 11.4 Å². The maximum absolute atomic E-state index is 12.8. The van der Waals surface area contributed by atoms with Crippen LogP contribution in [0.4, 0.5) is 5.69 Å². The van der Waals surface area contributed by atoms with E-state index in [0.29, 0.717) is 22.6 Å². The number of benzene rings is 2. The number of hydrogen-bond donors (Lipinski definition) is 1. The minimum Gasteiger partial charge on any atom is -0.497 e. The number of imide groups is 1. The number of nitrogens with zero attached hydrogens (tertiary/aromatic N) is 1. The molecule has 2 amide bonds. The predicted octanol–water partition coefficient (Wildman–Crippen LogP) is 3.84. The summed E-state index contributed by atoms with van der Waals surface area (Å²) in [4.78, 5) is 26.8. The van der Waals surface area contributed by atoms with Crippen molar-refractivity contribution in [2.75, 3.05) is 19.0 Å². The summed E-state index contributed by atoms with van der Waals surface area (Å²) in [5.41, 5.74) is 1.94. The highest BCUT2D eigenvalue weighted by atomic mass is 79.9. The second-order valence-electron chi connectivity index (χ2n) is 5.62. The fourth-order valence-electron chi connectivity index (χ4n) is 2.72. The normalized spacial score (nSPS) is 14.0. The van der Waals surface area contributed by atoms with E-state index >= 15 is 0 Å². The molecule has 5 nitrogen and oxygen atoms in total. The van der Waals surface area contributed by atoms with E-state index in [9.17, 15) is 9.59 Å². The van der Waals surface area contributed by atoms with Gasteiger partial charge in [0.15, 0.2) is 0 Å². The van der Waals surface area contributed by atoms with Crippen LogP contribution in [0.2, 0.25) is 0 Å². The third-order valence-corrected chi connectivity index (χ3v) is 4.45. The third-order valence-electron chi connectivity index (χ3n) is 3.95. The smallest absolute Gasteiger partial charge is 0.278 e. The van der Waals surface area contributed by atoms with E-state index < -0.39 is 0 Å². The molecule has 0 unspecified atom stereocenters. The molecule has 0 saturated carbocycles. The highest BCUT2D eigenvalue weighted by Crippen LogP contribution is 2.31. The first-order valence-corrected chi connectivity index (χ1v) is 8.73. The number of nitrogens with one attached hydrogen (secondary N) is 1. The van der Waals surface area contributed by atoms with E-state index in [1.807, 2.05) is 24.3 Å². The highest BCUT2D eigenvalue weighted by molar-refractivity contribution is 9.10. The van der Waals surface area contributed by atoms with E-state index in [1.165, 1.54) is 11.0 Å². The Balaban J connectivity index is 2.07. The Morgan fingerprint density at radius 1 is 1.15 bits per heavy atom. The van der Waals surface area contributed by atoms with Crippen molar-refractivity contribution >= 4 is 39.0 Å². The average Bonchev–Trinajstić information content (AvgIpc) is 2.87. The van der Waals surface area contributed by atoms with Gasteiger partial charge in [-0.15, -0.1) is 6.58 Å². The lowest BCUT2D eigenvalue weighted by atomic mass is 10.0. The molecule has 1 aliphatic heterocycles. The number of halogens is 1. The number of hydrogen-bond acceptors (Lipinski definition) is 4. The number of anilines is 1. The quantitative estimate of drug-likeness (QED) is 0.578. The Bertz CT molecular complexity index is 904. The SMILES string of the molecule is C=CCN1C(=O)C(Nc2cccc(Br)c2)=C(c2ccc(OC)cc2)C1=O. The summed E-state index contributed by atoms with van der Waals surface area (Å²) >= 11 is 3.41. The molecule has 0 bridgehead atoms. The van der Waals surface area contributed by atoms with Crippen LogP contribution in [0.15, 0.2) is 71.4 Å². The van der Waals surface area contributed by atoms with Gasteiger partial charge in [-0.2, -0.15) is 0 Å². The lowest BCUT2D eigenvalue weighted by molar-refractivity contribution is -0.136. The van der Waals surface area contributed by atoms with Crippen molar-refractivity contribution in [3.05, 3.63) is 76.9 Å². The maximum atomic E-state index is 12.8. The fourth-order valence-corrected chi connectivity index (χ4v) is 3.12. The van der Waals surface area contributed by atoms with Gasteiger partial charge in [0, 0.05) is 16.7 Å². The number of carbonyl (C=O) groups is 2. The Kier molecular flexibility index (Phi) is 5.23. The Morgan fingerprint density at radius 2 is 1.88 bits per heavy atom. The summed E-state index contributed by atoms with van der Waals surface area (Å²) < 4.78 is 6.03. The van der Waals surface area contributed by atoms with Crippen LogP contribution in [0.1, 0.15) is 5.56 Å². The monoisotopic (exact) mass is 412 g/mol. The van der Waals surface area contributed by atoms with Gasteiger partial charge in [-0.25, -0.2) is 0 Å². The number of methoxy groups -OCH3 is 1. The molecule has 3 rings (SSSR count). The Morgan fingerprint density at radius 3 is 2.50 bits per heavy atom. The number of amides is 2. The molecule has 0 fully saturated rings. The molecule has 1 N–H and O–H groups in total. The van der Waals surface area contributed by atoms with Crippen molar-refractivity contribution in [1.29, 1.82) is 0 Å². The largest absolute Gasteiger partial charge is 0.497 e. The summed E-state index contributed by atoms with van der Waals surface area (Å²) in [5, 5.41) is 3.10. The zero-order valence-corrected chi connectivity index (χ0v) is 15.7. The summed E-state index contributed by atoms with van der Waals surface area (Å²) in [7, 11) is 1.57. The molecular weight excluding hydrogens is 396 g/mol. The molecule has 0 radical (unpaired) electrons. The van der Waals surface area contributed by atoms with E-state index in [4.69, 9.17) is 4.74 Å². The molecule has 0 aromatic heterocycles. The molecule has 132 valence electrons. The first-order chi connectivity index (χ1) is 12.5. The van der Waals surface area contributed by atoms with Crippen molar-refractivity contribution in [2.24, 2.45) is 0 Å². The van der Waals surface area contributed by atoms with Crippen molar-refractivity contribution in [3.8, 4) is 5.75 Å². The van der Waals surface area contributed by atoms with Crippen LogP contribution < -0.4 is 10.1 Å². The van der Waals surface area contributed by atoms with Gasteiger partial charge in [0.2, 0.25) is 0 Å². The van der Waals surface area contributed by atoms with E-state index in [0.717, 1.165) is 4.47 Å². The molecule has 2 aromatic carbocycles. The van der Waals surface area contributed by atoms with Crippen LogP contribution in [0, 0.1) is 0 Å². The summed E-state index contributed by atoms with van der Waals surface area (Å²) in [6, 6.07) is 14.4. The van der Waals surface area contributed by atoms with E-state index in [-0.39, 0.29) is 24.1 Å². The second kappa shape index (κ2) is 7.58. The minimum atomic E-state index is -0.374. The van der Waals surface area contributed by atoms with Crippen molar-refractivity contribution < 1.29 is 14.3 Å². The molecule has 2 aromatic rings. The van der Waals surface area contributed by atoms with Gasteiger partial charge in [0.25, 0.3) is 11.8 Å². The summed E-state index contributed by atoms with van der Waals surface area (Å²) in [6.45, 7) is 3.78. The van der Waals surface area contributed by atoms with Gasteiger partial charge in [-0.05, 0) is 35.9 Å². The second-order valence-corrected chi connectivity index (χ2v) is 6.54. The fraction of sp³-hybridized carbons (Fsp3) is 0.100. The molecule has 0 saturated heterocycles. The Hall–Kier alpha value is -2.86. The van der Waals surface area contributed by atoms with Gasteiger partial charge >= 0.3 is 0 Å². The summed E-state index contributed by atoms with van der Waals surface area (Å²) in [5.74, 6) is -0.0474. The molecule has 1 heterocycles. The van der Waals surface area contributed by atoms with Crippen LogP contribution in [0.5, 0.6) is 5.75 Å². The molecule has 0 atom stereocenters. The van der Waals surface area contributed by atoms with Crippen molar-refractivity contribution in [1.82, 2.24) is 4.90 Å². The minimum absolute atomic E-state index is 0.154. The topological polar surface area (TPSA) is 58.6 Å². The maximum Gasteiger partial charge on any atom is 0.278 e. The lowest BCUT2D eigenvalue weighted by Crippen LogP contribution is -2.32. The molecule has 0 aliphatic carbocycles. The molecule has 6 heteroatoms. The first-order valence-electron chi connectivity index (χ1n) is 7.93. The van der Waals surface area contributed by atoms with Crippen LogP contribution in [0.3, 0.4) is 0 Å². The number of ether oxygens (including phenoxy) is 1. The zero-order valence-electron chi connectivity index (χ0n) is 14.2. The lowest BCUT2D eigenvalue weighted by Gasteiger charge is -2.12. The predicted molar refractivity (Wildman–Crippen MR) is 105 cm³/mol. The molecule has 1 aliphatic rings.